The maximum atomic E-state index is 14.1. The minimum Gasteiger partial charge on any atom is -0.337 e. The molecule has 0 saturated carbocycles. The van der Waals surface area contributed by atoms with Gasteiger partial charge in [0.2, 0.25) is 0 Å². The third-order valence-electron chi connectivity index (χ3n) is 4.17. The topological polar surface area (TPSA) is 99.5 Å². The van der Waals surface area contributed by atoms with Crippen LogP contribution in [0, 0.1) is 0 Å². The number of nitrogens with zero attached hydrogens (tertiary/aromatic N) is 1. The van der Waals surface area contributed by atoms with Crippen molar-refractivity contribution in [1.29, 1.82) is 0 Å². The Labute approximate surface area is 183 Å². The molecule has 14 heteroatoms. The average Bonchev–Trinajstić information content (AvgIpc) is 3.01. The van der Waals surface area contributed by atoms with Gasteiger partial charge in [-0.05, 0) is 51.8 Å². The SMILES string of the molecule is O=C(NC(c1ccncc1)C(F)(F)F)c1ccc2sc(C(F)(F)P(=O)(O)O)c(Br)c2c1. The molecule has 3 N–H and O–H groups in total. The first-order chi connectivity index (χ1) is 14.2. The van der Waals surface area contributed by atoms with Gasteiger partial charge in [-0.1, -0.05) is 0 Å². The fourth-order valence-corrected chi connectivity index (χ4v) is 5.58. The molecule has 0 aliphatic rings. The molecule has 2 heterocycles. The van der Waals surface area contributed by atoms with E-state index in [9.17, 15) is 31.3 Å². The molecule has 1 unspecified atom stereocenters. The summed E-state index contributed by atoms with van der Waals surface area (Å²) < 4.78 is 79.5. The molecule has 0 radical (unpaired) electrons. The fourth-order valence-electron chi connectivity index (χ4n) is 2.66. The van der Waals surface area contributed by atoms with Crippen LogP contribution in [0.4, 0.5) is 22.0 Å². The lowest BCUT2D eigenvalue weighted by Gasteiger charge is -2.22. The highest BCUT2D eigenvalue weighted by molar-refractivity contribution is 9.10. The van der Waals surface area contributed by atoms with Gasteiger partial charge >= 0.3 is 19.4 Å². The fraction of sp³-hybridized carbons (Fsp3) is 0.176. The van der Waals surface area contributed by atoms with Gasteiger partial charge in [0, 0.05) is 32.5 Å². The number of thiophene rings is 1. The van der Waals surface area contributed by atoms with Crippen LogP contribution in [-0.4, -0.2) is 26.9 Å². The zero-order valence-corrected chi connectivity index (χ0v) is 18.2. The highest BCUT2D eigenvalue weighted by atomic mass is 79.9. The van der Waals surface area contributed by atoms with Crippen LogP contribution in [0.5, 0.6) is 0 Å². The molecule has 2 aromatic heterocycles. The highest BCUT2D eigenvalue weighted by Crippen LogP contribution is 2.62. The molecule has 3 aromatic rings. The minimum absolute atomic E-state index is 0.00625. The van der Waals surface area contributed by atoms with Crippen molar-refractivity contribution < 1.29 is 41.1 Å². The van der Waals surface area contributed by atoms with Crippen LogP contribution in [0.15, 0.2) is 47.2 Å². The van der Waals surface area contributed by atoms with Crippen molar-refractivity contribution >= 4 is 50.9 Å². The Balaban J connectivity index is 1.99. The summed E-state index contributed by atoms with van der Waals surface area (Å²) in [6, 6.07) is 3.23. The van der Waals surface area contributed by atoms with Gasteiger partial charge in [0.05, 0.1) is 0 Å². The molecule has 0 saturated heterocycles. The van der Waals surface area contributed by atoms with E-state index in [1.807, 2.05) is 5.32 Å². The molecule has 0 aliphatic heterocycles. The number of halogens is 6. The van der Waals surface area contributed by atoms with E-state index >= 15 is 0 Å². The number of alkyl halides is 5. The van der Waals surface area contributed by atoms with E-state index in [-0.39, 0.29) is 25.7 Å². The molecule has 3 rings (SSSR count). The van der Waals surface area contributed by atoms with Crippen molar-refractivity contribution in [2.45, 2.75) is 17.9 Å². The van der Waals surface area contributed by atoms with Gasteiger partial charge in [-0.3, -0.25) is 14.3 Å². The number of carbonyl (C=O) groups is 1. The van der Waals surface area contributed by atoms with Crippen molar-refractivity contribution in [1.82, 2.24) is 10.3 Å². The van der Waals surface area contributed by atoms with E-state index in [0.29, 0.717) is 11.3 Å². The van der Waals surface area contributed by atoms with E-state index in [4.69, 9.17) is 9.79 Å². The number of benzene rings is 1. The Morgan fingerprint density at radius 1 is 1.13 bits per heavy atom. The number of hydrogen-bond acceptors (Lipinski definition) is 4. The Bertz CT molecular complexity index is 1180. The molecule has 0 spiro atoms. The number of aromatic nitrogens is 1. The summed E-state index contributed by atoms with van der Waals surface area (Å²) in [7, 11) is -5.84. The first-order valence-corrected chi connectivity index (χ1v) is 11.4. The minimum atomic E-state index is -5.84. The van der Waals surface area contributed by atoms with Crippen LogP contribution in [0.2, 0.25) is 0 Å². The van der Waals surface area contributed by atoms with E-state index < -0.39 is 36.3 Å². The van der Waals surface area contributed by atoms with E-state index in [1.165, 1.54) is 6.07 Å². The summed E-state index contributed by atoms with van der Waals surface area (Å²) in [4.78, 5) is 33.0. The molecule has 31 heavy (non-hydrogen) atoms. The lowest BCUT2D eigenvalue weighted by Crippen LogP contribution is -2.38. The summed E-state index contributed by atoms with van der Waals surface area (Å²) in [6.07, 6.45) is -2.54. The molecule has 166 valence electrons. The number of amides is 1. The second kappa shape index (κ2) is 8.21. The van der Waals surface area contributed by atoms with Gasteiger partial charge in [0.1, 0.15) is 4.88 Å². The van der Waals surface area contributed by atoms with Crippen LogP contribution >= 0.6 is 34.9 Å². The maximum absolute atomic E-state index is 14.1. The van der Waals surface area contributed by atoms with E-state index in [1.54, 1.807) is 0 Å². The molecule has 1 atom stereocenters. The van der Waals surface area contributed by atoms with Gasteiger partial charge in [-0.25, -0.2) is 0 Å². The van der Waals surface area contributed by atoms with Gasteiger partial charge in [0.15, 0.2) is 6.04 Å². The molecule has 0 bridgehead atoms. The molecule has 1 amide bonds. The normalized spacial score (nSPS) is 13.9. The summed E-state index contributed by atoms with van der Waals surface area (Å²) in [5, 5.41) is 1.85. The zero-order valence-electron chi connectivity index (χ0n) is 14.9. The number of pyridine rings is 1. The van der Waals surface area contributed by atoms with Crippen molar-refractivity contribution in [3.8, 4) is 0 Å². The predicted molar refractivity (Wildman–Crippen MR) is 106 cm³/mol. The predicted octanol–water partition coefficient (Wildman–Crippen LogP) is 5.32. The molecular weight excluding hydrogens is 534 g/mol. The Kier molecular flexibility index (Phi) is 6.29. The third kappa shape index (κ3) is 4.65. The number of fused-ring (bicyclic) bond motifs is 1. The molecule has 0 aliphatic carbocycles. The summed E-state index contributed by atoms with van der Waals surface area (Å²) in [6.45, 7) is 0. The number of rotatable bonds is 5. The number of carbonyl (C=O) groups excluding carboxylic acids is 1. The van der Waals surface area contributed by atoms with E-state index in [2.05, 4.69) is 20.9 Å². The van der Waals surface area contributed by atoms with Crippen molar-refractivity contribution in [2.24, 2.45) is 0 Å². The maximum Gasteiger partial charge on any atom is 0.412 e. The molecular formula is C17H11BrF5N2O4PS. The Hall–Kier alpha value is -1.92. The lowest BCUT2D eigenvalue weighted by molar-refractivity contribution is -0.155. The van der Waals surface area contributed by atoms with Crippen LogP contribution in [0.25, 0.3) is 10.1 Å². The van der Waals surface area contributed by atoms with Gasteiger partial charge in [-0.15, -0.1) is 11.3 Å². The Morgan fingerprint density at radius 2 is 1.74 bits per heavy atom. The highest BCUT2D eigenvalue weighted by Gasteiger charge is 2.53. The average molecular weight is 545 g/mol. The summed E-state index contributed by atoms with van der Waals surface area (Å²) in [5.74, 6) is -1.12. The first-order valence-electron chi connectivity index (χ1n) is 8.17. The zero-order chi connectivity index (χ0) is 23.2. The van der Waals surface area contributed by atoms with Crippen LogP contribution in [-0.2, 0) is 10.2 Å². The standard InChI is InChI=1S/C17H11BrF5N2O4PS/c18-12-10-7-9(1-2-11(10)31-14(12)17(22,23)30(27,28)29)15(26)25-13(16(19,20)21)8-3-5-24-6-4-8/h1-7,13H,(H,25,26)(H2,27,28,29). The Morgan fingerprint density at radius 3 is 2.29 bits per heavy atom. The lowest BCUT2D eigenvalue weighted by atomic mass is 10.1. The van der Waals surface area contributed by atoms with Gasteiger partial charge < -0.3 is 15.1 Å². The monoisotopic (exact) mass is 544 g/mol. The van der Waals surface area contributed by atoms with Crippen LogP contribution < -0.4 is 5.32 Å². The van der Waals surface area contributed by atoms with Crippen LogP contribution in [0.3, 0.4) is 0 Å². The van der Waals surface area contributed by atoms with Gasteiger partial charge in [-0.2, -0.15) is 22.0 Å². The van der Waals surface area contributed by atoms with E-state index in [0.717, 1.165) is 36.7 Å². The number of hydrogen-bond donors (Lipinski definition) is 3. The molecule has 6 nitrogen and oxygen atoms in total. The van der Waals surface area contributed by atoms with Crippen molar-refractivity contribution in [3.63, 3.8) is 0 Å². The third-order valence-corrected chi connectivity index (χ3v) is 7.60. The summed E-state index contributed by atoms with van der Waals surface area (Å²) in [5.41, 5.74) is -5.00. The summed E-state index contributed by atoms with van der Waals surface area (Å²) >= 11 is 3.24. The second-order valence-electron chi connectivity index (χ2n) is 6.27. The number of nitrogens with one attached hydrogen (secondary N) is 1. The van der Waals surface area contributed by atoms with Crippen molar-refractivity contribution in [2.75, 3.05) is 0 Å². The second-order valence-corrected chi connectivity index (χ2v) is 9.76. The van der Waals surface area contributed by atoms with Gasteiger partial charge in [0.25, 0.3) is 5.91 Å². The molecule has 0 fully saturated rings. The quantitative estimate of drug-likeness (QED) is 0.298. The van der Waals surface area contributed by atoms with Crippen LogP contribution in [0.1, 0.15) is 26.8 Å². The largest absolute Gasteiger partial charge is 0.412 e. The van der Waals surface area contributed by atoms with Crippen molar-refractivity contribution in [3.05, 3.63) is 63.2 Å². The molecule has 1 aromatic carbocycles. The smallest absolute Gasteiger partial charge is 0.337 e. The first kappa shape index (κ1) is 23.7.